The number of hydrogen-bond acceptors (Lipinski definition) is 2. The van der Waals surface area contributed by atoms with E-state index in [4.69, 9.17) is 11.5 Å². The molecule has 0 spiro atoms. The van der Waals surface area contributed by atoms with Crippen LogP contribution in [-0.2, 0) is 0 Å². The van der Waals surface area contributed by atoms with Crippen LogP contribution in [0.25, 0.3) is 0 Å². The molecule has 3 atom stereocenters. The fraction of sp³-hybridized carbons (Fsp3) is 1.00. The predicted molar refractivity (Wildman–Crippen MR) is 55.7 cm³/mol. The molecule has 0 aromatic rings. The average molecular weight is 203 g/mol. The van der Waals surface area contributed by atoms with E-state index in [1.807, 2.05) is 0 Å². The molecule has 3 heteroatoms. The fourth-order valence-electron chi connectivity index (χ4n) is 4.14. The normalized spacial score (nSPS) is 57.7. The summed E-state index contributed by atoms with van der Waals surface area (Å²) >= 11 is 0. The molecule has 0 aromatic heterocycles. The van der Waals surface area contributed by atoms with Crippen LogP contribution in [0.15, 0.2) is 0 Å². The minimum Gasteiger partial charge on any atom is -0.326 e. The number of hydrogen-bond donors (Lipinski definition) is 2. The maximum absolute atomic E-state index is 6.34. The lowest BCUT2D eigenvalue weighted by molar-refractivity contribution is -0.0189. The third-order valence-corrected chi connectivity index (χ3v) is 4.45. The van der Waals surface area contributed by atoms with Gasteiger partial charge in [-0.05, 0) is 49.9 Å². The van der Waals surface area contributed by atoms with E-state index in [9.17, 15) is 0 Å². The Balaban J connectivity index is 0.000000653. The molecule has 3 unspecified atom stereocenters. The maximum Gasteiger partial charge on any atom is 0.0315 e. The molecule has 2 nitrogen and oxygen atoms in total. The first kappa shape index (κ1) is 9.75. The smallest absolute Gasteiger partial charge is 0.0315 e. The van der Waals surface area contributed by atoms with Crippen LogP contribution < -0.4 is 11.5 Å². The topological polar surface area (TPSA) is 52.0 Å². The monoisotopic (exact) mass is 202 g/mol. The van der Waals surface area contributed by atoms with Crippen LogP contribution in [-0.4, -0.2) is 11.6 Å². The second-order valence-electron chi connectivity index (χ2n) is 5.37. The van der Waals surface area contributed by atoms with Crippen LogP contribution in [0.5, 0.6) is 0 Å². The van der Waals surface area contributed by atoms with Crippen LogP contribution in [0, 0.1) is 17.8 Å². The second-order valence-corrected chi connectivity index (χ2v) is 5.37. The third-order valence-electron chi connectivity index (χ3n) is 4.45. The summed E-state index contributed by atoms with van der Waals surface area (Å²) < 4.78 is 0. The van der Waals surface area contributed by atoms with Gasteiger partial charge >= 0.3 is 0 Å². The van der Waals surface area contributed by atoms with Crippen molar-refractivity contribution in [1.82, 2.24) is 0 Å². The summed E-state index contributed by atoms with van der Waals surface area (Å²) in [4.78, 5) is 0. The molecule has 0 amide bonds. The first-order valence-electron chi connectivity index (χ1n) is 5.22. The molecule has 13 heavy (non-hydrogen) atoms. The minimum absolute atomic E-state index is 0. The van der Waals surface area contributed by atoms with Crippen LogP contribution >= 0.6 is 12.4 Å². The molecular formula is C10H19ClN2. The maximum atomic E-state index is 6.34. The molecular weight excluding hydrogens is 184 g/mol. The van der Waals surface area contributed by atoms with Crippen LogP contribution in [0.3, 0.4) is 0 Å². The van der Waals surface area contributed by atoms with E-state index in [1.54, 1.807) is 0 Å². The quantitative estimate of drug-likeness (QED) is 0.622. The Kier molecular flexibility index (Phi) is 2.14. The van der Waals surface area contributed by atoms with Crippen molar-refractivity contribution in [3.05, 3.63) is 0 Å². The van der Waals surface area contributed by atoms with E-state index in [0.717, 1.165) is 17.8 Å². The van der Waals surface area contributed by atoms with Crippen molar-refractivity contribution in [3.8, 4) is 0 Å². The van der Waals surface area contributed by atoms with Gasteiger partial charge in [0.15, 0.2) is 0 Å². The van der Waals surface area contributed by atoms with Gasteiger partial charge in [0.2, 0.25) is 0 Å². The van der Waals surface area contributed by atoms with E-state index >= 15 is 0 Å². The van der Waals surface area contributed by atoms with Crippen molar-refractivity contribution in [2.24, 2.45) is 29.2 Å². The first-order valence-corrected chi connectivity index (χ1v) is 5.22. The van der Waals surface area contributed by atoms with Crippen molar-refractivity contribution in [2.75, 3.05) is 0 Å². The second kappa shape index (κ2) is 2.85. The Morgan fingerprint density at radius 2 is 1.54 bits per heavy atom. The Hall–Kier alpha value is 0.210. The molecule has 4 aliphatic rings. The largest absolute Gasteiger partial charge is 0.326 e. The van der Waals surface area contributed by atoms with E-state index in [2.05, 4.69) is 0 Å². The number of halogens is 1. The summed E-state index contributed by atoms with van der Waals surface area (Å²) in [6, 6.07) is 0.310. The van der Waals surface area contributed by atoms with Gasteiger partial charge in [0, 0.05) is 11.6 Å². The Morgan fingerprint density at radius 3 is 2.00 bits per heavy atom. The molecule has 0 radical (unpaired) electrons. The lowest BCUT2D eigenvalue weighted by Crippen LogP contribution is -2.68. The van der Waals surface area contributed by atoms with Crippen LogP contribution in [0.2, 0.25) is 0 Å². The van der Waals surface area contributed by atoms with E-state index in [0.29, 0.717) is 6.04 Å². The molecule has 4 saturated carbocycles. The zero-order valence-electron chi connectivity index (χ0n) is 7.91. The lowest BCUT2D eigenvalue weighted by Gasteiger charge is -2.58. The van der Waals surface area contributed by atoms with Gasteiger partial charge in [-0.2, -0.15) is 0 Å². The van der Waals surface area contributed by atoms with E-state index in [1.165, 1.54) is 32.1 Å². The van der Waals surface area contributed by atoms with Crippen molar-refractivity contribution < 1.29 is 0 Å². The lowest BCUT2D eigenvalue weighted by atomic mass is 9.51. The van der Waals surface area contributed by atoms with Crippen LogP contribution in [0.4, 0.5) is 0 Å². The van der Waals surface area contributed by atoms with Crippen molar-refractivity contribution >= 4 is 12.4 Å². The summed E-state index contributed by atoms with van der Waals surface area (Å²) in [7, 11) is 0. The molecule has 0 heterocycles. The highest BCUT2D eigenvalue weighted by atomic mass is 35.5. The molecule has 4 bridgehead atoms. The summed E-state index contributed by atoms with van der Waals surface area (Å²) in [5, 5.41) is 0. The average Bonchev–Trinajstić information content (AvgIpc) is 1.98. The highest BCUT2D eigenvalue weighted by molar-refractivity contribution is 5.85. The Morgan fingerprint density at radius 1 is 1.00 bits per heavy atom. The summed E-state index contributed by atoms with van der Waals surface area (Å²) in [6.45, 7) is 0. The number of nitrogens with two attached hydrogens (primary N) is 2. The van der Waals surface area contributed by atoms with E-state index < -0.39 is 0 Å². The van der Waals surface area contributed by atoms with Gasteiger partial charge in [-0.1, -0.05) is 0 Å². The van der Waals surface area contributed by atoms with Gasteiger partial charge in [0.25, 0.3) is 0 Å². The van der Waals surface area contributed by atoms with Gasteiger partial charge in [-0.3, -0.25) is 0 Å². The van der Waals surface area contributed by atoms with Gasteiger partial charge in [-0.25, -0.2) is 0 Å². The SMILES string of the molecule is Cl.NC1C2CC3CC(C2)CC1(N)C3. The number of rotatable bonds is 0. The third kappa shape index (κ3) is 1.23. The van der Waals surface area contributed by atoms with Crippen molar-refractivity contribution in [1.29, 1.82) is 0 Å². The summed E-state index contributed by atoms with van der Waals surface area (Å²) in [5.74, 6) is 2.61. The highest BCUT2D eigenvalue weighted by Gasteiger charge is 2.53. The van der Waals surface area contributed by atoms with Crippen molar-refractivity contribution in [2.45, 2.75) is 43.7 Å². The van der Waals surface area contributed by atoms with Gasteiger partial charge in [0.1, 0.15) is 0 Å². The summed E-state index contributed by atoms with van der Waals surface area (Å²) in [5.41, 5.74) is 12.6. The Bertz CT molecular complexity index is 205. The van der Waals surface area contributed by atoms with Crippen LogP contribution in [0.1, 0.15) is 32.1 Å². The van der Waals surface area contributed by atoms with Gasteiger partial charge in [-0.15, -0.1) is 12.4 Å². The molecule has 0 aliphatic heterocycles. The Labute approximate surface area is 85.8 Å². The van der Waals surface area contributed by atoms with E-state index in [-0.39, 0.29) is 17.9 Å². The minimum atomic E-state index is 0. The molecule has 0 aromatic carbocycles. The fourth-order valence-corrected chi connectivity index (χ4v) is 4.14. The zero-order chi connectivity index (χ0) is 8.34. The molecule has 4 N–H and O–H groups in total. The molecule has 76 valence electrons. The van der Waals surface area contributed by atoms with Gasteiger partial charge < -0.3 is 11.5 Å². The molecule has 4 fully saturated rings. The molecule has 4 aliphatic carbocycles. The highest BCUT2D eigenvalue weighted by Crippen LogP contribution is 2.53. The zero-order valence-corrected chi connectivity index (χ0v) is 8.72. The summed E-state index contributed by atoms with van der Waals surface area (Å²) in [6.07, 6.45) is 6.61. The van der Waals surface area contributed by atoms with Crippen molar-refractivity contribution in [3.63, 3.8) is 0 Å². The molecule has 0 saturated heterocycles. The standard InChI is InChI=1S/C10H18N2.ClH/c11-9-8-2-6-1-7(3-8)5-10(9,12)4-6;/h6-9H,1-5,11-12H2;1H. The molecule has 4 rings (SSSR count). The predicted octanol–water partition coefficient (Wildman–Crippen LogP) is 1.27. The first-order chi connectivity index (χ1) is 5.67. The van der Waals surface area contributed by atoms with Gasteiger partial charge in [0.05, 0.1) is 0 Å².